The normalized spacial score (nSPS) is 14.1. The second-order valence-electron chi connectivity index (χ2n) is 7.47. The predicted octanol–water partition coefficient (Wildman–Crippen LogP) is 2.11. The fourth-order valence-electron chi connectivity index (χ4n) is 3.02. The number of carbonyl (C=O) groups is 1. The second-order valence-corrected chi connectivity index (χ2v) is 9.18. The summed E-state index contributed by atoms with van der Waals surface area (Å²) < 4.78 is 34.2. The minimum Gasteiger partial charge on any atom is -0.456 e. The summed E-state index contributed by atoms with van der Waals surface area (Å²) in [6.07, 6.45) is 3.28. The fraction of sp³-hybridized carbons (Fsp3) is 0.286. The van der Waals surface area contributed by atoms with Crippen LogP contribution in [0.25, 0.3) is 5.65 Å². The van der Waals surface area contributed by atoms with Crippen LogP contribution in [0.1, 0.15) is 40.0 Å². The summed E-state index contributed by atoms with van der Waals surface area (Å²) in [6.45, 7) is 3.39. The van der Waals surface area contributed by atoms with Gasteiger partial charge < -0.3 is 4.74 Å². The highest BCUT2D eigenvalue weighted by Crippen LogP contribution is 2.23. The molecule has 30 heavy (non-hydrogen) atoms. The number of sulfonamides is 1. The number of aryl methyl sites for hydroxylation is 2. The highest BCUT2D eigenvalue weighted by molar-refractivity contribution is 7.89. The lowest BCUT2D eigenvalue weighted by Gasteiger charge is -2.11. The SMILES string of the molecule is Cc1ccn2c(=O)cc(COC(=O)c3cc(S(=O)(=O)NC4CC4)ccc3C)nc2c1. The molecular formula is C21H21N3O5S. The van der Waals surface area contributed by atoms with Crippen LogP contribution in [0.15, 0.2) is 52.3 Å². The average molecular weight is 427 g/mol. The Bertz CT molecular complexity index is 1310. The summed E-state index contributed by atoms with van der Waals surface area (Å²) >= 11 is 0. The zero-order chi connectivity index (χ0) is 21.5. The number of esters is 1. The van der Waals surface area contributed by atoms with E-state index in [1.54, 1.807) is 31.3 Å². The summed E-state index contributed by atoms with van der Waals surface area (Å²) in [5, 5.41) is 0. The van der Waals surface area contributed by atoms with E-state index in [2.05, 4.69) is 9.71 Å². The third-order valence-corrected chi connectivity index (χ3v) is 6.38. The number of nitrogens with one attached hydrogen (secondary N) is 1. The summed E-state index contributed by atoms with van der Waals surface area (Å²) in [4.78, 5) is 29.2. The molecule has 1 aromatic carbocycles. The molecule has 1 fully saturated rings. The Morgan fingerprint density at radius 1 is 1.20 bits per heavy atom. The summed E-state index contributed by atoms with van der Waals surface area (Å²) in [6, 6.07) is 9.19. The number of carbonyl (C=O) groups excluding carboxylic acids is 1. The van der Waals surface area contributed by atoms with Crippen molar-refractivity contribution in [1.29, 1.82) is 0 Å². The third-order valence-electron chi connectivity index (χ3n) is 4.87. The van der Waals surface area contributed by atoms with Gasteiger partial charge in [-0.15, -0.1) is 0 Å². The van der Waals surface area contributed by atoms with Crippen molar-refractivity contribution in [2.75, 3.05) is 0 Å². The number of ether oxygens (including phenoxy) is 1. The number of rotatable bonds is 6. The van der Waals surface area contributed by atoms with Gasteiger partial charge in [0.25, 0.3) is 5.56 Å². The van der Waals surface area contributed by atoms with Crippen molar-refractivity contribution >= 4 is 21.6 Å². The van der Waals surface area contributed by atoms with Crippen LogP contribution in [0.5, 0.6) is 0 Å². The molecule has 0 spiro atoms. The predicted molar refractivity (Wildman–Crippen MR) is 110 cm³/mol. The lowest BCUT2D eigenvalue weighted by molar-refractivity contribution is 0.0466. The lowest BCUT2D eigenvalue weighted by atomic mass is 10.1. The van der Waals surface area contributed by atoms with Crippen LogP contribution in [0, 0.1) is 13.8 Å². The zero-order valence-electron chi connectivity index (χ0n) is 16.6. The Morgan fingerprint density at radius 3 is 2.70 bits per heavy atom. The molecular weight excluding hydrogens is 406 g/mol. The number of nitrogens with zero attached hydrogens (tertiary/aromatic N) is 2. The van der Waals surface area contributed by atoms with Gasteiger partial charge in [-0.2, -0.15) is 0 Å². The number of hydrogen-bond acceptors (Lipinski definition) is 6. The average Bonchev–Trinajstić information content (AvgIpc) is 3.49. The van der Waals surface area contributed by atoms with Crippen molar-refractivity contribution in [3.63, 3.8) is 0 Å². The molecule has 0 atom stereocenters. The molecule has 3 aromatic rings. The molecule has 4 rings (SSSR count). The van der Waals surface area contributed by atoms with E-state index < -0.39 is 16.0 Å². The molecule has 2 aromatic heterocycles. The Morgan fingerprint density at radius 2 is 1.97 bits per heavy atom. The summed E-state index contributed by atoms with van der Waals surface area (Å²) in [7, 11) is -3.69. The van der Waals surface area contributed by atoms with E-state index in [1.165, 1.54) is 22.6 Å². The quantitative estimate of drug-likeness (QED) is 0.604. The lowest BCUT2D eigenvalue weighted by Crippen LogP contribution is -2.26. The van der Waals surface area contributed by atoms with Gasteiger partial charge in [-0.25, -0.2) is 22.9 Å². The van der Waals surface area contributed by atoms with Crippen LogP contribution < -0.4 is 10.3 Å². The summed E-state index contributed by atoms with van der Waals surface area (Å²) in [5.74, 6) is -0.679. The number of benzene rings is 1. The van der Waals surface area contributed by atoms with Gasteiger partial charge in [0, 0.05) is 18.3 Å². The van der Waals surface area contributed by atoms with Crippen molar-refractivity contribution in [1.82, 2.24) is 14.1 Å². The standard InChI is InChI=1S/C21H21N3O5S/c1-13-7-8-24-19(9-13)22-16(10-20(24)25)12-29-21(26)18-11-17(6-3-14(18)2)30(27,28)23-15-4-5-15/h3,6-11,15,23H,4-5,12H2,1-2H3. The highest BCUT2D eigenvalue weighted by atomic mass is 32.2. The van der Waals surface area contributed by atoms with Crippen LogP contribution in [0.4, 0.5) is 0 Å². The van der Waals surface area contributed by atoms with E-state index in [-0.39, 0.29) is 28.7 Å². The Balaban J connectivity index is 1.55. The second kappa shape index (κ2) is 7.66. The molecule has 0 bridgehead atoms. The van der Waals surface area contributed by atoms with Crippen LogP contribution >= 0.6 is 0 Å². The molecule has 156 valence electrons. The van der Waals surface area contributed by atoms with Gasteiger partial charge in [0.05, 0.1) is 16.2 Å². The largest absolute Gasteiger partial charge is 0.456 e. The van der Waals surface area contributed by atoms with Gasteiger partial charge in [0.15, 0.2) is 0 Å². The number of hydrogen-bond donors (Lipinski definition) is 1. The minimum absolute atomic E-state index is 0.0181. The number of aromatic nitrogens is 2. The van der Waals surface area contributed by atoms with E-state index in [1.807, 2.05) is 6.92 Å². The maximum atomic E-state index is 12.6. The topological polar surface area (TPSA) is 107 Å². The molecule has 9 heteroatoms. The van der Waals surface area contributed by atoms with Gasteiger partial charge in [0.2, 0.25) is 10.0 Å². The Hall–Kier alpha value is -3.04. The molecule has 0 amide bonds. The van der Waals surface area contributed by atoms with Crippen molar-refractivity contribution < 1.29 is 17.9 Å². The molecule has 8 nitrogen and oxygen atoms in total. The van der Waals surface area contributed by atoms with Crippen molar-refractivity contribution in [2.24, 2.45) is 0 Å². The number of pyridine rings is 1. The van der Waals surface area contributed by atoms with Gasteiger partial charge in [-0.3, -0.25) is 9.20 Å². The van der Waals surface area contributed by atoms with Gasteiger partial charge in [-0.1, -0.05) is 6.07 Å². The van der Waals surface area contributed by atoms with Crippen LogP contribution in [0.2, 0.25) is 0 Å². The third kappa shape index (κ3) is 4.27. The summed E-state index contributed by atoms with van der Waals surface area (Å²) in [5.41, 5.74) is 2.19. The van der Waals surface area contributed by atoms with E-state index in [9.17, 15) is 18.0 Å². The minimum atomic E-state index is -3.69. The first-order chi connectivity index (χ1) is 14.2. The zero-order valence-corrected chi connectivity index (χ0v) is 17.4. The van der Waals surface area contributed by atoms with E-state index in [0.29, 0.717) is 16.9 Å². The van der Waals surface area contributed by atoms with E-state index in [4.69, 9.17) is 4.74 Å². The van der Waals surface area contributed by atoms with Crippen molar-refractivity contribution in [3.05, 3.63) is 75.3 Å². The molecule has 0 radical (unpaired) electrons. The monoisotopic (exact) mass is 427 g/mol. The maximum absolute atomic E-state index is 12.6. The Labute approximate surface area is 173 Å². The van der Waals surface area contributed by atoms with Crippen LogP contribution in [-0.2, 0) is 21.4 Å². The first kappa shape index (κ1) is 20.2. The molecule has 1 aliphatic carbocycles. The highest BCUT2D eigenvalue weighted by Gasteiger charge is 2.28. The number of fused-ring (bicyclic) bond motifs is 1. The first-order valence-corrected chi connectivity index (χ1v) is 11.0. The molecule has 2 heterocycles. The smallest absolute Gasteiger partial charge is 0.338 e. The molecule has 0 aliphatic heterocycles. The van der Waals surface area contributed by atoms with Gasteiger partial charge in [0.1, 0.15) is 12.3 Å². The Kier molecular flexibility index (Phi) is 5.17. The molecule has 1 saturated carbocycles. The molecule has 1 aliphatic rings. The molecule has 1 N–H and O–H groups in total. The van der Waals surface area contributed by atoms with E-state index >= 15 is 0 Å². The van der Waals surface area contributed by atoms with Crippen LogP contribution in [0.3, 0.4) is 0 Å². The van der Waals surface area contributed by atoms with Gasteiger partial charge in [-0.05, 0) is 62.1 Å². The van der Waals surface area contributed by atoms with Crippen molar-refractivity contribution in [2.45, 2.75) is 44.2 Å². The molecule has 0 unspecified atom stereocenters. The van der Waals surface area contributed by atoms with E-state index in [0.717, 1.165) is 18.4 Å². The van der Waals surface area contributed by atoms with Crippen molar-refractivity contribution in [3.8, 4) is 0 Å². The molecule has 0 saturated heterocycles. The van der Waals surface area contributed by atoms with Gasteiger partial charge >= 0.3 is 5.97 Å². The fourth-order valence-corrected chi connectivity index (χ4v) is 4.35. The van der Waals surface area contributed by atoms with Crippen LogP contribution in [-0.4, -0.2) is 29.8 Å². The first-order valence-electron chi connectivity index (χ1n) is 9.52. The maximum Gasteiger partial charge on any atom is 0.338 e.